The van der Waals surface area contributed by atoms with Gasteiger partial charge in [-0.3, -0.25) is 4.79 Å². The van der Waals surface area contributed by atoms with Crippen LogP contribution in [0, 0.1) is 6.92 Å². The molecule has 2 atom stereocenters. The average Bonchev–Trinajstić information content (AvgIpc) is 2.94. The molecule has 1 aliphatic rings. The fourth-order valence-electron chi connectivity index (χ4n) is 2.40. The molecular weight excluding hydrogens is 284 g/mol. The Morgan fingerprint density at radius 3 is 2.70 bits per heavy atom. The van der Waals surface area contributed by atoms with Crippen LogP contribution in [0.5, 0.6) is 0 Å². The molecule has 0 saturated heterocycles. The van der Waals surface area contributed by atoms with Crippen molar-refractivity contribution in [2.75, 3.05) is 7.11 Å². The third kappa shape index (κ3) is 3.20. The summed E-state index contributed by atoms with van der Waals surface area (Å²) in [5.41, 5.74) is 0. The molecule has 1 aromatic rings. The minimum absolute atomic E-state index is 0.00999. The summed E-state index contributed by atoms with van der Waals surface area (Å²) >= 11 is 0. The van der Waals surface area contributed by atoms with Crippen molar-refractivity contribution in [1.29, 1.82) is 0 Å². The molecule has 3 N–H and O–H groups in total. The van der Waals surface area contributed by atoms with Gasteiger partial charge in [0.2, 0.25) is 10.0 Å². The lowest BCUT2D eigenvalue weighted by molar-refractivity contribution is 0.0888. The topological polar surface area (TPSA) is 112 Å². The number of furan rings is 1. The van der Waals surface area contributed by atoms with Crippen LogP contribution in [0.3, 0.4) is 0 Å². The number of carbonyl (C=O) groups is 1. The van der Waals surface area contributed by atoms with Crippen molar-refractivity contribution in [3.63, 3.8) is 0 Å². The molecule has 0 aliphatic heterocycles. The first-order chi connectivity index (χ1) is 9.31. The van der Waals surface area contributed by atoms with Gasteiger partial charge < -0.3 is 14.5 Å². The van der Waals surface area contributed by atoms with E-state index in [-0.39, 0.29) is 28.6 Å². The summed E-state index contributed by atoms with van der Waals surface area (Å²) in [6.45, 7) is 1.45. The van der Waals surface area contributed by atoms with Crippen LogP contribution in [-0.2, 0) is 14.8 Å². The molecule has 0 bridgehead atoms. The maximum Gasteiger partial charge on any atom is 0.287 e. The van der Waals surface area contributed by atoms with Crippen molar-refractivity contribution in [2.45, 2.75) is 43.2 Å². The van der Waals surface area contributed by atoms with E-state index in [0.29, 0.717) is 0 Å². The number of hydrogen-bond donors (Lipinski definition) is 2. The molecule has 20 heavy (non-hydrogen) atoms. The number of ether oxygens (including phenoxy) is 1. The van der Waals surface area contributed by atoms with Gasteiger partial charge in [-0.2, -0.15) is 0 Å². The quantitative estimate of drug-likeness (QED) is 0.842. The second-order valence-corrected chi connectivity index (χ2v) is 6.45. The molecule has 1 aliphatic carbocycles. The molecule has 1 amide bonds. The first-order valence-corrected chi connectivity index (χ1v) is 7.82. The summed E-state index contributed by atoms with van der Waals surface area (Å²) in [5, 5.41) is 7.84. The number of methoxy groups -OCH3 is 1. The molecule has 2 rings (SSSR count). The largest absolute Gasteiger partial charge is 0.455 e. The Labute approximate surface area is 117 Å². The fraction of sp³-hybridized carbons (Fsp3) is 0.583. The van der Waals surface area contributed by atoms with E-state index in [9.17, 15) is 13.2 Å². The molecule has 1 fully saturated rings. The number of hydrogen-bond acceptors (Lipinski definition) is 5. The van der Waals surface area contributed by atoms with Crippen molar-refractivity contribution in [3.8, 4) is 0 Å². The van der Waals surface area contributed by atoms with Crippen LogP contribution in [0.4, 0.5) is 0 Å². The van der Waals surface area contributed by atoms with Gasteiger partial charge in [0.15, 0.2) is 5.76 Å². The number of aryl methyl sites for hydroxylation is 1. The van der Waals surface area contributed by atoms with E-state index >= 15 is 0 Å². The maximum absolute atomic E-state index is 12.0. The summed E-state index contributed by atoms with van der Waals surface area (Å²) < 4.78 is 33.0. The minimum atomic E-state index is -3.88. The zero-order chi connectivity index (χ0) is 14.9. The number of sulfonamides is 1. The first-order valence-electron chi connectivity index (χ1n) is 6.28. The number of rotatable bonds is 4. The zero-order valence-electron chi connectivity index (χ0n) is 11.4. The highest BCUT2D eigenvalue weighted by atomic mass is 32.2. The highest BCUT2D eigenvalue weighted by Crippen LogP contribution is 2.23. The average molecular weight is 302 g/mol. The SMILES string of the molecule is COC1CCC(NC(=O)c2cc(S(N)(=O)=O)c(C)o2)C1. The van der Waals surface area contributed by atoms with Gasteiger partial charge in [0, 0.05) is 19.2 Å². The second kappa shape index (κ2) is 5.55. The molecule has 0 radical (unpaired) electrons. The van der Waals surface area contributed by atoms with E-state index in [0.717, 1.165) is 25.3 Å². The number of nitrogens with two attached hydrogens (primary N) is 1. The Kier molecular flexibility index (Phi) is 4.17. The molecule has 1 saturated carbocycles. The summed E-state index contributed by atoms with van der Waals surface area (Å²) in [7, 11) is -2.24. The van der Waals surface area contributed by atoms with Crippen LogP contribution in [0.15, 0.2) is 15.4 Å². The van der Waals surface area contributed by atoms with Crippen molar-refractivity contribution < 1.29 is 22.4 Å². The number of amides is 1. The Hall–Kier alpha value is -1.38. The van der Waals surface area contributed by atoms with Crippen molar-refractivity contribution in [1.82, 2.24) is 5.32 Å². The van der Waals surface area contributed by atoms with E-state index in [2.05, 4.69) is 5.32 Å². The van der Waals surface area contributed by atoms with Gasteiger partial charge in [0.25, 0.3) is 5.91 Å². The smallest absolute Gasteiger partial charge is 0.287 e. The standard InChI is InChI=1S/C12H18N2O5S/c1-7-11(20(13,16)17)6-10(19-7)12(15)14-8-3-4-9(5-8)18-2/h6,8-9H,3-5H2,1-2H3,(H,14,15)(H2,13,16,17). The Morgan fingerprint density at radius 1 is 1.50 bits per heavy atom. The lowest BCUT2D eigenvalue weighted by atomic mass is 10.2. The molecule has 0 aromatic carbocycles. The number of primary sulfonamides is 1. The van der Waals surface area contributed by atoms with Gasteiger partial charge in [-0.25, -0.2) is 13.6 Å². The molecular formula is C12H18N2O5S. The molecule has 8 heteroatoms. The van der Waals surface area contributed by atoms with Gasteiger partial charge in [-0.15, -0.1) is 0 Å². The minimum Gasteiger partial charge on any atom is -0.455 e. The predicted molar refractivity (Wildman–Crippen MR) is 70.7 cm³/mol. The summed E-state index contributed by atoms with van der Waals surface area (Å²) in [5.74, 6) is -0.379. The Balaban J connectivity index is 2.07. The van der Waals surface area contributed by atoms with E-state index in [1.54, 1.807) is 7.11 Å². The highest BCUT2D eigenvalue weighted by molar-refractivity contribution is 7.89. The molecule has 1 aromatic heterocycles. The third-order valence-corrected chi connectivity index (χ3v) is 4.47. The number of carbonyl (C=O) groups excluding carboxylic acids is 1. The van der Waals surface area contributed by atoms with Gasteiger partial charge in [0.1, 0.15) is 10.7 Å². The lowest BCUT2D eigenvalue weighted by Gasteiger charge is -2.11. The second-order valence-electron chi connectivity index (χ2n) is 4.92. The first kappa shape index (κ1) is 15.0. The number of nitrogens with one attached hydrogen (secondary N) is 1. The van der Waals surface area contributed by atoms with Crippen molar-refractivity contribution in [2.24, 2.45) is 5.14 Å². The van der Waals surface area contributed by atoms with E-state index in [1.165, 1.54) is 6.92 Å². The van der Waals surface area contributed by atoms with Gasteiger partial charge in [0.05, 0.1) is 6.10 Å². The Bertz CT molecular complexity index is 607. The van der Waals surface area contributed by atoms with Crippen LogP contribution < -0.4 is 10.5 Å². The van der Waals surface area contributed by atoms with E-state index in [1.807, 2.05) is 0 Å². The monoisotopic (exact) mass is 302 g/mol. The summed E-state index contributed by atoms with van der Waals surface area (Å²) in [6, 6.07) is 1.17. The van der Waals surface area contributed by atoms with E-state index < -0.39 is 15.9 Å². The van der Waals surface area contributed by atoms with Crippen LogP contribution in [-0.4, -0.2) is 33.6 Å². The summed E-state index contributed by atoms with van der Waals surface area (Å²) in [6.07, 6.45) is 2.61. The van der Waals surface area contributed by atoms with Crippen LogP contribution >= 0.6 is 0 Å². The lowest BCUT2D eigenvalue weighted by Crippen LogP contribution is -2.33. The van der Waals surface area contributed by atoms with Crippen LogP contribution in [0.2, 0.25) is 0 Å². The fourth-order valence-corrected chi connectivity index (χ4v) is 3.12. The predicted octanol–water partition coefficient (Wildman–Crippen LogP) is 0.533. The third-order valence-electron chi connectivity index (χ3n) is 3.46. The molecule has 2 unspecified atom stereocenters. The van der Waals surface area contributed by atoms with E-state index in [4.69, 9.17) is 14.3 Å². The maximum atomic E-state index is 12.0. The molecule has 7 nitrogen and oxygen atoms in total. The van der Waals surface area contributed by atoms with Crippen LogP contribution in [0.25, 0.3) is 0 Å². The van der Waals surface area contributed by atoms with Gasteiger partial charge in [-0.05, 0) is 26.2 Å². The van der Waals surface area contributed by atoms with Gasteiger partial charge >= 0.3 is 0 Å². The molecule has 112 valence electrons. The molecule has 1 heterocycles. The molecule has 0 spiro atoms. The van der Waals surface area contributed by atoms with Crippen molar-refractivity contribution in [3.05, 3.63) is 17.6 Å². The van der Waals surface area contributed by atoms with Gasteiger partial charge in [-0.1, -0.05) is 0 Å². The van der Waals surface area contributed by atoms with Crippen LogP contribution in [0.1, 0.15) is 35.6 Å². The highest BCUT2D eigenvalue weighted by Gasteiger charge is 2.28. The van der Waals surface area contributed by atoms with Crippen molar-refractivity contribution >= 4 is 15.9 Å². The zero-order valence-corrected chi connectivity index (χ0v) is 12.2. The normalized spacial score (nSPS) is 22.9. The summed E-state index contributed by atoms with van der Waals surface area (Å²) in [4.78, 5) is 11.8. The Morgan fingerprint density at radius 2 is 2.20 bits per heavy atom.